The molecule has 1 aromatic heterocycles. The van der Waals surface area contributed by atoms with Gasteiger partial charge in [0.15, 0.2) is 11.9 Å². The summed E-state index contributed by atoms with van der Waals surface area (Å²) in [5.74, 6) is -1.32. The van der Waals surface area contributed by atoms with E-state index in [1.165, 1.54) is 12.7 Å². The van der Waals surface area contributed by atoms with E-state index in [1.54, 1.807) is 0 Å². The van der Waals surface area contributed by atoms with Gasteiger partial charge in [0.1, 0.15) is 12.6 Å². The van der Waals surface area contributed by atoms with E-state index in [-0.39, 0.29) is 79.6 Å². The van der Waals surface area contributed by atoms with Crippen LogP contribution in [0.15, 0.2) is 70.6 Å². The van der Waals surface area contributed by atoms with Crippen molar-refractivity contribution in [2.75, 3.05) is 33.4 Å². The molecule has 1 aliphatic rings. The lowest BCUT2D eigenvalue weighted by Gasteiger charge is -2.32. The first kappa shape index (κ1) is 49.0. The Morgan fingerprint density at radius 2 is 1.31 bits per heavy atom. The molecule has 0 bridgehead atoms. The fourth-order valence-corrected chi connectivity index (χ4v) is 8.89. The highest BCUT2D eigenvalue weighted by molar-refractivity contribution is 5.93. The number of carbonyl (C=O) groups is 3. The van der Waals surface area contributed by atoms with Crippen LogP contribution >= 0.6 is 0 Å². The van der Waals surface area contributed by atoms with E-state index in [0.717, 1.165) is 50.0 Å². The van der Waals surface area contributed by atoms with E-state index in [2.05, 4.69) is 124 Å². The van der Waals surface area contributed by atoms with Gasteiger partial charge >= 0.3 is 12.1 Å². The lowest BCUT2D eigenvalue weighted by molar-refractivity contribution is -0.154. The van der Waals surface area contributed by atoms with Crippen molar-refractivity contribution in [2.45, 2.75) is 123 Å². The number of nitrogens with zero attached hydrogens (tertiary/aromatic N) is 2. The number of fused-ring (bicyclic) bond motifs is 4. The Labute approximate surface area is 378 Å². The van der Waals surface area contributed by atoms with E-state index in [4.69, 9.17) is 32.4 Å². The second-order valence-corrected chi connectivity index (χ2v) is 20.2. The molecule has 0 saturated heterocycles. The van der Waals surface area contributed by atoms with E-state index >= 15 is 0 Å². The number of H-pyrrole nitrogens is 1. The van der Waals surface area contributed by atoms with Crippen LogP contribution in [0.4, 0.5) is 4.79 Å². The summed E-state index contributed by atoms with van der Waals surface area (Å²) in [5.41, 5.74) is 29.9. The highest BCUT2D eigenvalue weighted by Crippen LogP contribution is 2.45. The number of aromatic nitrogens is 1. The Kier molecular flexibility index (Phi) is 15.1. The van der Waals surface area contributed by atoms with Crippen LogP contribution < -0.4 is 33.6 Å². The van der Waals surface area contributed by atoms with Gasteiger partial charge in [-0.2, -0.15) is 0 Å². The molecule has 0 fully saturated rings. The summed E-state index contributed by atoms with van der Waals surface area (Å²) in [6.07, 6.45) is 0.793. The second-order valence-electron chi connectivity index (χ2n) is 20.2. The summed E-state index contributed by atoms with van der Waals surface area (Å²) in [6.45, 7) is 20.0. The fourth-order valence-electron chi connectivity index (χ4n) is 8.89. The molecule has 1 atom stereocenters. The van der Waals surface area contributed by atoms with Crippen LogP contribution in [0.1, 0.15) is 127 Å². The quantitative estimate of drug-likeness (QED) is 0.0253. The lowest BCUT2D eigenvalue weighted by Crippen LogP contribution is -2.52. The molecule has 2 amide bonds. The molecule has 3 aromatic carbocycles. The lowest BCUT2D eigenvalue weighted by atomic mass is 9.77. The first-order valence-electron chi connectivity index (χ1n) is 22.3. The summed E-state index contributed by atoms with van der Waals surface area (Å²) in [7, 11) is 1.31. The Morgan fingerprint density at radius 1 is 0.766 bits per heavy atom. The molecule has 14 heteroatoms. The monoisotopic (exact) mass is 878 g/mol. The van der Waals surface area contributed by atoms with Gasteiger partial charge in [-0.25, -0.2) is 4.79 Å². The number of aliphatic imine (C=N–C) groups is 2. The zero-order valence-electron chi connectivity index (χ0n) is 39.5. The zero-order valence-corrected chi connectivity index (χ0v) is 39.5. The van der Waals surface area contributed by atoms with Crippen molar-refractivity contribution in [3.63, 3.8) is 0 Å². The van der Waals surface area contributed by atoms with E-state index in [9.17, 15) is 14.4 Å². The summed E-state index contributed by atoms with van der Waals surface area (Å²) in [6, 6.07) is 19.6. The normalized spacial score (nSPS) is 13.4. The number of methoxy groups -OCH3 is 1. The number of guanidine groups is 2. The number of nitrogens with one attached hydrogen (secondary N) is 3. The molecule has 1 heterocycles. The molecule has 4 aromatic rings. The topological polar surface area (TPSA) is 238 Å². The predicted octanol–water partition coefficient (Wildman–Crippen LogP) is 6.89. The third-order valence-electron chi connectivity index (χ3n) is 12.2. The van der Waals surface area contributed by atoms with E-state index < -0.39 is 29.4 Å². The molecule has 346 valence electrons. The minimum absolute atomic E-state index is 0.0648. The molecule has 0 unspecified atom stereocenters. The molecule has 0 saturated carbocycles. The van der Waals surface area contributed by atoms with Crippen molar-refractivity contribution in [2.24, 2.45) is 38.3 Å². The number of nitrogens with two attached hydrogens (primary N) is 4. The van der Waals surface area contributed by atoms with Crippen LogP contribution in [-0.2, 0) is 41.7 Å². The number of carbonyl (C=O) groups excluding carboxylic acids is 3. The largest absolute Gasteiger partial charge is 0.469 e. The molecule has 0 spiro atoms. The van der Waals surface area contributed by atoms with Crippen molar-refractivity contribution in [3.8, 4) is 11.1 Å². The number of hydrogen-bond acceptors (Lipinski definition) is 7. The number of rotatable bonds is 17. The summed E-state index contributed by atoms with van der Waals surface area (Å²) in [4.78, 5) is 54.8. The Hall–Kier alpha value is -6.05. The van der Waals surface area contributed by atoms with E-state index in [0.29, 0.717) is 12.8 Å². The van der Waals surface area contributed by atoms with Gasteiger partial charge in [-0.3, -0.25) is 19.6 Å². The van der Waals surface area contributed by atoms with Gasteiger partial charge in [0, 0.05) is 54.0 Å². The van der Waals surface area contributed by atoms with Gasteiger partial charge in [0.2, 0.25) is 5.91 Å². The molecular weight excluding hydrogens is 807 g/mol. The molecule has 64 heavy (non-hydrogen) atoms. The van der Waals surface area contributed by atoms with Crippen LogP contribution in [0, 0.1) is 5.41 Å². The van der Waals surface area contributed by atoms with Crippen LogP contribution in [-0.4, -0.2) is 74.3 Å². The van der Waals surface area contributed by atoms with Gasteiger partial charge in [-0.15, -0.1) is 0 Å². The number of esters is 1. The number of benzene rings is 3. The molecule has 11 N–H and O–H groups in total. The maximum atomic E-state index is 14.9. The second kappa shape index (κ2) is 19.8. The first-order valence-corrected chi connectivity index (χ1v) is 22.3. The van der Waals surface area contributed by atoms with Gasteiger partial charge < -0.3 is 48.0 Å². The predicted molar refractivity (Wildman–Crippen MR) is 257 cm³/mol. The highest BCUT2D eigenvalue weighted by atomic mass is 16.5. The Balaban J connectivity index is 1.56. The number of hydrogen-bond donors (Lipinski definition) is 7. The van der Waals surface area contributed by atoms with Crippen molar-refractivity contribution < 1.29 is 23.9 Å². The molecule has 0 radical (unpaired) electrons. The first-order chi connectivity index (χ1) is 30.0. The maximum Gasteiger partial charge on any atom is 0.407 e. The Morgan fingerprint density at radius 3 is 1.80 bits per heavy atom. The number of aromatic amines is 1. The van der Waals surface area contributed by atoms with Gasteiger partial charge in [0.05, 0.1) is 12.5 Å². The summed E-state index contributed by atoms with van der Waals surface area (Å²) >= 11 is 0. The fraction of sp³-hybridized carbons (Fsp3) is 0.500. The smallest absolute Gasteiger partial charge is 0.407 e. The zero-order chi connectivity index (χ0) is 47.2. The summed E-state index contributed by atoms with van der Waals surface area (Å²) < 4.78 is 11.4. The van der Waals surface area contributed by atoms with Crippen molar-refractivity contribution >= 4 is 40.8 Å². The van der Waals surface area contributed by atoms with Crippen LogP contribution in [0.3, 0.4) is 0 Å². The number of alkyl carbamates (subject to hydrolysis) is 1. The minimum atomic E-state index is -1.20. The van der Waals surface area contributed by atoms with Gasteiger partial charge in [-0.05, 0) is 81.5 Å². The van der Waals surface area contributed by atoms with E-state index in [1.807, 2.05) is 24.3 Å². The van der Waals surface area contributed by atoms with Crippen LogP contribution in [0.2, 0.25) is 0 Å². The number of ether oxygens (including phenoxy) is 2. The maximum absolute atomic E-state index is 14.9. The van der Waals surface area contributed by atoms with Crippen LogP contribution in [0.5, 0.6) is 0 Å². The summed E-state index contributed by atoms with van der Waals surface area (Å²) in [5, 5.41) is 7.06. The molecule has 14 nitrogen and oxygen atoms in total. The highest BCUT2D eigenvalue weighted by Gasteiger charge is 2.40. The average molecular weight is 878 g/mol. The third kappa shape index (κ3) is 11.5. The average Bonchev–Trinajstić information content (AvgIpc) is 3.75. The Bertz CT molecular complexity index is 2300. The molecule has 0 aliphatic heterocycles. The third-order valence-corrected chi connectivity index (χ3v) is 12.2. The van der Waals surface area contributed by atoms with Crippen LogP contribution in [0.25, 0.3) is 22.0 Å². The number of amides is 2. The molecular formula is C50H71N9O5. The molecule has 5 rings (SSSR count). The SMILES string of the molecule is COC(=O)C(CCCN=C(N)N)(CCCN=C(N)N)CNC(=O)[C@H](Cc1c(C(C)(C)C)[nH]c2cc(C(C)(C)C)cc(C(C)(C)C)c12)NC(=O)OCC1c2ccccc2-c2ccccc21. The standard InChI is InChI=1S/C50H71N9O5/c1-47(2,3)30-25-37(48(4,5)6)40-35(41(49(7,8)9)58-38(40)26-30)27-39(59-46(62)64-28-36-33-19-13-11-17-31(33)32-18-12-14-20-34(32)36)42(60)57-29-50(43(61)63-10,21-15-23-55-44(51)52)22-16-24-56-45(53)54/h11-14,17-20,25-26,36,39,58H,15-16,21-24,27-29H2,1-10H3,(H,57,60)(H,59,62)(H4,51,52,55)(H4,53,54,56)/t39-/m0/s1. The van der Waals surface area contributed by atoms with Crippen molar-refractivity contribution in [1.82, 2.24) is 15.6 Å². The van der Waals surface area contributed by atoms with Gasteiger partial charge in [0.25, 0.3) is 0 Å². The van der Waals surface area contributed by atoms with Crippen molar-refractivity contribution in [1.29, 1.82) is 0 Å². The minimum Gasteiger partial charge on any atom is -0.469 e. The molecule has 1 aliphatic carbocycles. The van der Waals surface area contributed by atoms with Gasteiger partial charge in [-0.1, -0.05) is 117 Å². The van der Waals surface area contributed by atoms with Crippen molar-refractivity contribution in [3.05, 3.63) is 94.2 Å².